The van der Waals surface area contributed by atoms with E-state index in [1.165, 1.54) is 21.6 Å². The Morgan fingerprint density at radius 3 is 2.59 bits per heavy atom. The van der Waals surface area contributed by atoms with Gasteiger partial charge in [-0.15, -0.1) is 0 Å². The summed E-state index contributed by atoms with van der Waals surface area (Å²) in [5.74, 6) is -2.09. The fourth-order valence-electron chi connectivity index (χ4n) is 3.19. The van der Waals surface area contributed by atoms with Crippen molar-refractivity contribution in [2.75, 3.05) is 38.4 Å². The SMILES string of the molecule is CN(CCF)c1ccc2c(=O)c(C(=O)NCCCCF)cn(-c3ccc(F)cc3F)c2n1. The van der Waals surface area contributed by atoms with E-state index in [-0.39, 0.29) is 41.8 Å². The van der Waals surface area contributed by atoms with Crippen LogP contribution < -0.4 is 15.6 Å². The van der Waals surface area contributed by atoms with Gasteiger partial charge in [0.15, 0.2) is 5.65 Å². The average Bonchev–Trinajstić information content (AvgIpc) is 2.77. The Hall–Kier alpha value is -3.43. The summed E-state index contributed by atoms with van der Waals surface area (Å²) >= 11 is 0. The van der Waals surface area contributed by atoms with Crippen molar-refractivity contribution in [3.05, 3.63) is 63.9 Å². The normalized spacial score (nSPS) is 11.0. The second-order valence-corrected chi connectivity index (χ2v) is 7.14. The molecule has 0 unspecified atom stereocenters. The van der Waals surface area contributed by atoms with Crippen LogP contribution in [-0.2, 0) is 0 Å². The Bertz CT molecular complexity index is 1180. The number of carbonyl (C=O) groups is 1. The predicted molar refractivity (Wildman–Crippen MR) is 114 cm³/mol. The number of hydrogen-bond donors (Lipinski definition) is 1. The lowest BCUT2D eigenvalue weighted by molar-refractivity contribution is 0.0951. The Kier molecular flexibility index (Phi) is 7.45. The van der Waals surface area contributed by atoms with Crippen LogP contribution in [0.3, 0.4) is 0 Å². The van der Waals surface area contributed by atoms with E-state index in [2.05, 4.69) is 10.3 Å². The number of halogens is 4. The molecule has 0 fully saturated rings. The third-order valence-corrected chi connectivity index (χ3v) is 4.91. The number of unbranched alkanes of at least 4 members (excludes halogenated alkanes) is 1. The Morgan fingerprint density at radius 2 is 1.91 bits per heavy atom. The molecular weight excluding hydrogens is 428 g/mol. The molecule has 0 radical (unpaired) electrons. The number of anilines is 1. The molecular formula is C22H22F4N4O2. The predicted octanol–water partition coefficient (Wildman–Crippen LogP) is 3.55. The highest BCUT2D eigenvalue weighted by Crippen LogP contribution is 2.22. The topological polar surface area (TPSA) is 67.2 Å². The molecule has 170 valence electrons. The third-order valence-electron chi connectivity index (χ3n) is 4.91. The van der Waals surface area contributed by atoms with Crippen molar-refractivity contribution in [3.8, 4) is 5.69 Å². The number of nitrogens with zero attached hydrogens (tertiary/aromatic N) is 3. The van der Waals surface area contributed by atoms with Crippen molar-refractivity contribution in [2.45, 2.75) is 12.8 Å². The van der Waals surface area contributed by atoms with Gasteiger partial charge in [0.25, 0.3) is 5.91 Å². The van der Waals surface area contributed by atoms with Crippen LogP contribution in [0.1, 0.15) is 23.2 Å². The molecule has 6 nitrogen and oxygen atoms in total. The number of nitrogens with one attached hydrogen (secondary N) is 1. The van der Waals surface area contributed by atoms with E-state index in [1.54, 1.807) is 7.05 Å². The van der Waals surface area contributed by atoms with Crippen molar-refractivity contribution in [1.82, 2.24) is 14.9 Å². The molecule has 3 rings (SSSR count). The lowest BCUT2D eigenvalue weighted by Crippen LogP contribution is -2.31. The van der Waals surface area contributed by atoms with E-state index < -0.39 is 36.3 Å². The van der Waals surface area contributed by atoms with E-state index in [9.17, 15) is 27.2 Å². The van der Waals surface area contributed by atoms with Gasteiger partial charge in [-0.1, -0.05) is 0 Å². The molecule has 10 heteroatoms. The maximum Gasteiger partial charge on any atom is 0.256 e. The molecule has 0 bridgehead atoms. The van der Waals surface area contributed by atoms with Gasteiger partial charge in [-0.25, -0.2) is 18.2 Å². The summed E-state index contributed by atoms with van der Waals surface area (Å²) in [6.07, 6.45) is 1.79. The summed E-state index contributed by atoms with van der Waals surface area (Å²) in [5.41, 5.74) is -1.000. The van der Waals surface area contributed by atoms with E-state index in [4.69, 9.17) is 0 Å². The van der Waals surface area contributed by atoms with E-state index in [1.807, 2.05) is 0 Å². The first-order valence-electron chi connectivity index (χ1n) is 10.0. The van der Waals surface area contributed by atoms with Gasteiger partial charge in [-0.3, -0.25) is 18.5 Å². The summed E-state index contributed by atoms with van der Waals surface area (Å²) in [7, 11) is 1.61. The molecule has 3 aromatic rings. The molecule has 0 saturated heterocycles. The van der Waals surface area contributed by atoms with Crippen LogP contribution in [0.5, 0.6) is 0 Å². The molecule has 1 N–H and O–H groups in total. The lowest BCUT2D eigenvalue weighted by atomic mass is 10.1. The first-order chi connectivity index (χ1) is 15.4. The summed E-state index contributed by atoms with van der Waals surface area (Å²) in [6.45, 7) is -0.937. The minimum atomic E-state index is -0.923. The first-order valence-corrected chi connectivity index (χ1v) is 10.0. The van der Waals surface area contributed by atoms with Gasteiger partial charge in [0.05, 0.1) is 17.7 Å². The first kappa shape index (κ1) is 23.2. The van der Waals surface area contributed by atoms with Gasteiger partial charge in [-0.05, 0) is 37.1 Å². The maximum atomic E-state index is 14.6. The highest BCUT2D eigenvalue weighted by atomic mass is 19.1. The summed E-state index contributed by atoms with van der Waals surface area (Å²) in [6, 6.07) is 5.80. The Labute approximate surface area is 181 Å². The number of alkyl halides is 2. The van der Waals surface area contributed by atoms with Gasteiger partial charge in [0.2, 0.25) is 5.43 Å². The minimum absolute atomic E-state index is 0.0256. The highest BCUT2D eigenvalue weighted by Gasteiger charge is 2.19. The van der Waals surface area contributed by atoms with E-state index in [0.717, 1.165) is 18.3 Å². The number of rotatable bonds is 9. The van der Waals surface area contributed by atoms with Crippen molar-refractivity contribution in [1.29, 1.82) is 0 Å². The van der Waals surface area contributed by atoms with Crippen molar-refractivity contribution < 1.29 is 22.4 Å². The van der Waals surface area contributed by atoms with Crippen molar-refractivity contribution in [2.24, 2.45) is 0 Å². The molecule has 2 aromatic heterocycles. The molecule has 1 amide bonds. The van der Waals surface area contributed by atoms with Gasteiger partial charge in [0.1, 0.15) is 29.7 Å². The smallest absolute Gasteiger partial charge is 0.256 e. The second kappa shape index (κ2) is 10.3. The van der Waals surface area contributed by atoms with Crippen LogP contribution in [0.4, 0.5) is 23.4 Å². The Balaban J connectivity index is 2.18. The summed E-state index contributed by atoms with van der Waals surface area (Å²) in [4.78, 5) is 31.5. The molecule has 0 aliphatic carbocycles. The zero-order valence-corrected chi connectivity index (χ0v) is 17.4. The number of amides is 1. The highest BCUT2D eigenvalue weighted by molar-refractivity contribution is 5.97. The molecule has 0 spiro atoms. The van der Waals surface area contributed by atoms with Gasteiger partial charge < -0.3 is 10.2 Å². The number of pyridine rings is 2. The number of aromatic nitrogens is 2. The second-order valence-electron chi connectivity index (χ2n) is 7.14. The van der Waals surface area contributed by atoms with Crippen LogP contribution in [-0.4, -0.2) is 48.9 Å². The maximum absolute atomic E-state index is 14.6. The molecule has 2 heterocycles. The number of hydrogen-bond acceptors (Lipinski definition) is 4. The quantitative estimate of drug-likeness (QED) is 0.400. The summed E-state index contributed by atoms with van der Waals surface area (Å²) < 4.78 is 54.3. The lowest BCUT2D eigenvalue weighted by Gasteiger charge is -2.19. The van der Waals surface area contributed by atoms with Gasteiger partial charge in [0, 0.05) is 32.4 Å². The van der Waals surface area contributed by atoms with Crippen molar-refractivity contribution in [3.63, 3.8) is 0 Å². The molecule has 0 atom stereocenters. The third kappa shape index (κ3) is 4.90. The van der Waals surface area contributed by atoms with E-state index in [0.29, 0.717) is 18.3 Å². The number of benzene rings is 1. The van der Waals surface area contributed by atoms with E-state index >= 15 is 0 Å². The van der Waals surface area contributed by atoms with Crippen LogP contribution >= 0.6 is 0 Å². The van der Waals surface area contributed by atoms with Crippen LogP contribution in [0.2, 0.25) is 0 Å². The zero-order chi connectivity index (χ0) is 23.3. The van der Waals surface area contributed by atoms with Crippen LogP contribution in [0.25, 0.3) is 16.7 Å². The fraction of sp³-hybridized carbons (Fsp3) is 0.318. The molecule has 0 aliphatic heterocycles. The molecule has 32 heavy (non-hydrogen) atoms. The zero-order valence-electron chi connectivity index (χ0n) is 17.4. The van der Waals surface area contributed by atoms with Crippen molar-refractivity contribution >= 4 is 22.8 Å². The Morgan fingerprint density at radius 1 is 1.12 bits per heavy atom. The largest absolute Gasteiger partial charge is 0.357 e. The monoisotopic (exact) mass is 450 g/mol. The fourth-order valence-corrected chi connectivity index (χ4v) is 3.19. The standard InChI is InChI=1S/C22H22F4N4O2/c1-29(11-9-24)19-7-5-15-20(31)16(22(32)27-10-3-2-8-23)13-30(21(15)28-19)18-6-4-14(25)12-17(18)26/h4-7,12-13H,2-3,8-11H2,1H3,(H,27,32). The molecule has 1 aromatic carbocycles. The minimum Gasteiger partial charge on any atom is -0.357 e. The van der Waals surface area contributed by atoms with Crippen LogP contribution in [0, 0.1) is 11.6 Å². The average molecular weight is 450 g/mol. The number of fused-ring (bicyclic) bond motifs is 1. The summed E-state index contributed by atoms with van der Waals surface area (Å²) in [5, 5.41) is 2.58. The number of carbonyl (C=O) groups excluding carboxylic acids is 1. The molecule has 0 saturated carbocycles. The van der Waals surface area contributed by atoms with Crippen LogP contribution in [0.15, 0.2) is 41.3 Å². The van der Waals surface area contributed by atoms with Gasteiger partial charge in [-0.2, -0.15) is 0 Å². The molecule has 0 aliphatic rings. The van der Waals surface area contributed by atoms with Gasteiger partial charge >= 0.3 is 0 Å².